The van der Waals surface area contributed by atoms with Gasteiger partial charge in [-0.15, -0.1) is 0 Å². The minimum atomic E-state index is 0.706. The molecule has 126 valence electrons. The first-order chi connectivity index (χ1) is 11.9. The van der Waals surface area contributed by atoms with Gasteiger partial charge in [0, 0.05) is 13.1 Å². The molecule has 2 atom stereocenters. The van der Waals surface area contributed by atoms with E-state index in [4.69, 9.17) is 0 Å². The Hall–Kier alpha value is -1.64. The number of nitrogens with zero attached hydrogens (tertiary/aromatic N) is 1. The van der Waals surface area contributed by atoms with E-state index in [1.165, 1.54) is 68.7 Å². The molecule has 1 N–H and O–H groups in total. The van der Waals surface area contributed by atoms with E-state index >= 15 is 0 Å². The Balaban J connectivity index is 1.41. The lowest BCUT2D eigenvalue weighted by atomic mass is 9.89. The lowest BCUT2D eigenvalue weighted by molar-refractivity contribution is 0.183. The van der Waals surface area contributed by atoms with Crippen LogP contribution in [0.3, 0.4) is 0 Å². The Morgan fingerprint density at radius 2 is 1.71 bits per heavy atom. The van der Waals surface area contributed by atoms with Crippen LogP contribution in [0.1, 0.15) is 30.7 Å². The number of benzene rings is 2. The van der Waals surface area contributed by atoms with E-state index in [2.05, 4.69) is 64.8 Å². The van der Waals surface area contributed by atoms with Gasteiger partial charge in [0.2, 0.25) is 0 Å². The molecule has 0 amide bonds. The van der Waals surface area contributed by atoms with E-state index in [0.29, 0.717) is 5.92 Å². The van der Waals surface area contributed by atoms with Crippen molar-refractivity contribution in [3.05, 3.63) is 60.2 Å². The third-order valence-corrected chi connectivity index (χ3v) is 5.67. The van der Waals surface area contributed by atoms with Crippen molar-refractivity contribution in [2.24, 2.45) is 5.92 Å². The van der Waals surface area contributed by atoms with E-state index < -0.39 is 0 Å². The topological polar surface area (TPSA) is 15.3 Å². The molecule has 4 rings (SSSR count). The molecule has 2 fully saturated rings. The summed E-state index contributed by atoms with van der Waals surface area (Å²) in [6.07, 6.45) is 4.03. The molecular formula is C22H28N2. The third kappa shape index (κ3) is 3.71. The molecule has 2 heteroatoms. The van der Waals surface area contributed by atoms with Gasteiger partial charge in [0.15, 0.2) is 0 Å². The van der Waals surface area contributed by atoms with Crippen LogP contribution in [-0.2, 0) is 0 Å². The van der Waals surface area contributed by atoms with Crippen LogP contribution < -0.4 is 5.32 Å². The van der Waals surface area contributed by atoms with Crippen molar-refractivity contribution in [3.8, 4) is 11.1 Å². The number of hydrogen-bond acceptors (Lipinski definition) is 2. The van der Waals surface area contributed by atoms with Gasteiger partial charge in [-0.2, -0.15) is 0 Å². The molecule has 2 aliphatic heterocycles. The molecule has 1 unspecified atom stereocenters. The van der Waals surface area contributed by atoms with Gasteiger partial charge in [-0.1, -0.05) is 54.6 Å². The summed E-state index contributed by atoms with van der Waals surface area (Å²) in [6, 6.07) is 20.0. The highest BCUT2D eigenvalue weighted by molar-refractivity contribution is 5.63. The van der Waals surface area contributed by atoms with Crippen molar-refractivity contribution >= 4 is 0 Å². The standard InChI is InChI=1S/C22H28N2/c1-2-5-19(6-3-1)20-8-10-21(11-9-20)22-7-4-14-24(17-22)16-18-12-13-23-15-18/h1-3,5-6,8-11,18,22-23H,4,7,12-17H2/t18?,22-/m0/s1. The van der Waals surface area contributed by atoms with Gasteiger partial charge in [-0.25, -0.2) is 0 Å². The molecule has 2 nitrogen and oxygen atoms in total. The molecule has 24 heavy (non-hydrogen) atoms. The number of hydrogen-bond donors (Lipinski definition) is 1. The predicted molar refractivity (Wildman–Crippen MR) is 101 cm³/mol. The average Bonchev–Trinajstić information content (AvgIpc) is 3.16. The average molecular weight is 320 g/mol. The van der Waals surface area contributed by atoms with Gasteiger partial charge in [0.05, 0.1) is 0 Å². The molecule has 2 aromatic carbocycles. The van der Waals surface area contributed by atoms with Crippen molar-refractivity contribution in [2.75, 3.05) is 32.7 Å². The van der Waals surface area contributed by atoms with Gasteiger partial charge in [-0.05, 0) is 67.4 Å². The van der Waals surface area contributed by atoms with Gasteiger partial charge >= 0.3 is 0 Å². The van der Waals surface area contributed by atoms with Crippen LogP contribution in [0.25, 0.3) is 11.1 Å². The largest absolute Gasteiger partial charge is 0.316 e. The zero-order valence-corrected chi connectivity index (χ0v) is 14.5. The molecule has 0 bridgehead atoms. The van der Waals surface area contributed by atoms with Crippen molar-refractivity contribution < 1.29 is 0 Å². The maximum atomic E-state index is 3.50. The Labute approximate surface area is 145 Å². The maximum Gasteiger partial charge on any atom is 0.00504 e. The summed E-state index contributed by atoms with van der Waals surface area (Å²) in [4.78, 5) is 2.71. The zero-order valence-electron chi connectivity index (χ0n) is 14.5. The molecule has 2 aliphatic rings. The van der Waals surface area contributed by atoms with Gasteiger partial charge in [-0.3, -0.25) is 0 Å². The summed E-state index contributed by atoms with van der Waals surface area (Å²) >= 11 is 0. The predicted octanol–water partition coefficient (Wildman–Crippen LogP) is 4.14. The molecule has 0 aromatic heterocycles. The van der Waals surface area contributed by atoms with Gasteiger partial charge in [0.25, 0.3) is 0 Å². The van der Waals surface area contributed by atoms with Crippen LogP contribution in [-0.4, -0.2) is 37.6 Å². The first-order valence-corrected chi connectivity index (χ1v) is 9.47. The molecule has 0 saturated carbocycles. The number of piperidine rings is 1. The second kappa shape index (κ2) is 7.50. The Kier molecular flexibility index (Phi) is 4.96. The number of nitrogens with one attached hydrogen (secondary N) is 1. The fraction of sp³-hybridized carbons (Fsp3) is 0.455. The summed E-state index contributed by atoms with van der Waals surface area (Å²) < 4.78 is 0. The lowest BCUT2D eigenvalue weighted by Crippen LogP contribution is -2.38. The smallest absolute Gasteiger partial charge is 0.00504 e. The normalized spacial score (nSPS) is 25.0. The second-order valence-electron chi connectivity index (χ2n) is 7.45. The number of likely N-dealkylation sites (tertiary alicyclic amines) is 1. The highest BCUT2D eigenvalue weighted by Gasteiger charge is 2.24. The van der Waals surface area contributed by atoms with Gasteiger partial charge in [0.1, 0.15) is 0 Å². The van der Waals surface area contributed by atoms with Crippen molar-refractivity contribution in [1.82, 2.24) is 10.2 Å². The summed E-state index contributed by atoms with van der Waals surface area (Å²) in [5.74, 6) is 1.57. The maximum absolute atomic E-state index is 3.50. The third-order valence-electron chi connectivity index (χ3n) is 5.67. The van der Waals surface area contributed by atoms with Crippen molar-refractivity contribution in [3.63, 3.8) is 0 Å². The van der Waals surface area contributed by atoms with E-state index in [0.717, 1.165) is 5.92 Å². The van der Waals surface area contributed by atoms with Crippen molar-refractivity contribution in [1.29, 1.82) is 0 Å². The SMILES string of the molecule is c1ccc(-c2ccc([C@H]3CCCN(CC4CCNC4)C3)cc2)cc1. The zero-order chi connectivity index (χ0) is 16.2. The Morgan fingerprint density at radius 1 is 0.917 bits per heavy atom. The van der Waals surface area contributed by atoms with E-state index in [9.17, 15) is 0 Å². The monoisotopic (exact) mass is 320 g/mol. The highest BCUT2D eigenvalue weighted by Crippen LogP contribution is 2.29. The summed E-state index contributed by atoms with van der Waals surface area (Å²) in [6.45, 7) is 6.23. The molecule has 0 aliphatic carbocycles. The van der Waals surface area contributed by atoms with Crippen LogP contribution in [0.2, 0.25) is 0 Å². The quantitative estimate of drug-likeness (QED) is 0.911. The minimum Gasteiger partial charge on any atom is -0.316 e. The Morgan fingerprint density at radius 3 is 2.46 bits per heavy atom. The van der Waals surface area contributed by atoms with Crippen molar-refractivity contribution in [2.45, 2.75) is 25.2 Å². The van der Waals surface area contributed by atoms with Crippen LogP contribution in [0.5, 0.6) is 0 Å². The first kappa shape index (κ1) is 15.9. The van der Waals surface area contributed by atoms with Crippen LogP contribution >= 0.6 is 0 Å². The van der Waals surface area contributed by atoms with E-state index in [1.54, 1.807) is 0 Å². The molecule has 0 radical (unpaired) electrons. The first-order valence-electron chi connectivity index (χ1n) is 9.47. The molecule has 0 spiro atoms. The van der Waals surface area contributed by atoms with Crippen LogP contribution in [0.4, 0.5) is 0 Å². The summed E-state index contributed by atoms with van der Waals surface area (Å²) in [7, 11) is 0. The lowest BCUT2D eigenvalue weighted by Gasteiger charge is -2.34. The fourth-order valence-electron chi connectivity index (χ4n) is 4.31. The molecule has 2 aromatic rings. The van der Waals surface area contributed by atoms with Crippen LogP contribution in [0.15, 0.2) is 54.6 Å². The second-order valence-corrected chi connectivity index (χ2v) is 7.45. The van der Waals surface area contributed by atoms with Gasteiger partial charge < -0.3 is 10.2 Å². The molecular weight excluding hydrogens is 292 g/mol. The van der Waals surface area contributed by atoms with E-state index in [-0.39, 0.29) is 0 Å². The van der Waals surface area contributed by atoms with Crippen LogP contribution in [0, 0.1) is 5.92 Å². The fourth-order valence-corrected chi connectivity index (χ4v) is 4.31. The molecule has 2 saturated heterocycles. The minimum absolute atomic E-state index is 0.706. The number of rotatable bonds is 4. The van der Waals surface area contributed by atoms with E-state index in [1.807, 2.05) is 0 Å². The summed E-state index contributed by atoms with van der Waals surface area (Å²) in [5, 5.41) is 3.50. The highest BCUT2D eigenvalue weighted by atomic mass is 15.1. The Bertz CT molecular complexity index is 629. The summed E-state index contributed by atoms with van der Waals surface area (Å²) in [5.41, 5.74) is 4.15. The molecule has 2 heterocycles.